The SMILES string of the molecule is CCC(=O)ONC(=O)Nc1ccc(C(C)(C)C)cc1. The normalized spacial score (nSPS) is 10.7. The van der Waals surface area contributed by atoms with Crippen LogP contribution in [-0.4, -0.2) is 12.0 Å². The number of hydrogen-bond donors (Lipinski definition) is 2. The first kappa shape index (κ1) is 15.0. The molecule has 0 unspecified atom stereocenters. The molecule has 0 saturated carbocycles. The summed E-state index contributed by atoms with van der Waals surface area (Å²) >= 11 is 0. The second-order valence-electron chi connectivity index (χ2n) is 5.21. The number of amides is 2. The van der Waals surface area contributed by atoms with Gasteiger partial charge in [0.05, 0.1) is 0 Å². The predicted molar refractivity (Wildman–Crippen MR) is 73.7 cm³/mol. The minimum Gasteiger partial charge on any atom is -0.339 e. The van der Waals surface area contributed by atoms with Crippen LogP contribution >= 0.6 is 0 Å². The topological polar surface area (TPSA) is 67.4 Å². The fraction of sp³-hybridized carbons (Fsp3) is 0.429. The van der Waals surface area contributed by atoms with Gasteiger partial charge < -0.3 is 10.2 Å². The van der Waals surface area contributed by atoms with E-state index in [2.05, 4.69) is 30.9 Å². The zero-order valence-corrected chi connectivity index (χ0v) is 11.7. The first-order valence-electron chi connectivity index (χ1n) is 6.20. The Balaban J connectivity index is 2.54. The molecule has 0 saturated heterocycles. The molecule has 2 amide bonds. The molecule has 0 bridgehead atoms. The van der Waals surface area contributed by atoms with E-state index in [-0.39, 0.29) is 11.8 Å². The lowest BCUT2D eigenvalue weighted by Crippen LogP contribution is -2.31. The average molecular weight is 264 g/mol. The molecular weight excluding hydrogens is 244 g/mol. The van der Waals surface area contributed by atoms with Crippen LogP contribution in [0, 0.1) is 0 Å². The summed E-state index contributed by atoms with van der Waals surface area (Å²) in [7, 11) is 0. The van der Waals surface area contributed by atoms with Gasteiger partial charge in [0, 0.05) is 12.1 Å². The number of carbonyl (C=O) groups excluding carboxylic acids is 2. The van der Waals surface area contributed by atoms with E-state index in [1.54, 1.807) is 6.92 Å². The first-order valence-corrected chi connectivity index (χ1v) is 6.20. The highest BCUT2D eigenvalue weighted by Gasteiger charge is 2.13. The first-order chi connectivity index (χ1) is 8.82. The number of hydroxylamine groups is 1. The molecule has 5 heteroatoms. The molecule has 0 atom stereocenters. The smallest absolute Gasteiger partial charge is 0.339 e. The number of urea groups is 1. The van der Waals surface area contributed by atoms with E-state index in [0.717, 1.165) is 0 Å². The van der Waals surface area contributed by atoms with Gasteiger partial charge in [0.2, 0.25) is 0 Å². The third-order valence-electron chi connectivity index (χ3n) is 2.56. The quantitative estimate of drug-likeness (QED) is 0.807. The van der Waals surface area contributed by atoms with E-state index in [9.17, 15) is 9.59 Å². The number of carbonyl (C=O) groups is 2. The fourth-order valence-electron chi connectivity index (χ4n) is 1.39. The van der Waals surface area contributed by atoms with E-state index < -0.39 is 12.0 Å². The summed E-state index contributed by atoms with van der Waals surface area (Å²) in [6.45, 7) is 8.00. The van der Waals surface area contributed by atoms with Gasteiger partial charge >= 0.3 is 12.0 Å². The number of hydrogen-bond acceptors (Lipinski definition) is 3. The number of rotatable bonds is 2. The Morgan fingerprint density at radius 3 is 2.21 bits per heavy atom. The van der Waals surface area contributed by atoms with E-state index in [0.29, 0.717) is 5.69 Å². The van der Waals surface area contributed by atoms with Gasteiger partial charge in [-0.05, 0) is 23.1 Å². The molecule has 0 aliphatic carbocycles. The van der Waals surface area contributed by atoms with Crippen molar-refractivity contribution in [2.24, 2.45) is 0 Å². The minimum absolute atomic E-state index is 0.0669. The van der Waals surface area contributed by atoms with E-state index in [1.807, 2.05) is 29.7 Å². The van der Waals surface area contributed by atoms with Crippen LogP contribution in [0.25, 0.3) is 0 Å². The molecule has 0 heterocycles. The Bertz CT molecular complexity index is 447. The van der Waals surface area contributed by atoms with Crippen molar-refractivity contribution in [1.29, 1.82) is 0 Å². The lowest BCUT2D eigenvalue weighted by atomic mass is 9.87. The average Bonchev–Trinajstić information content (AvgIpc) is 2.35. The highest BCUT2D eigenvalue weighted by molar-refractivity contribution is 5.89. The zero-order chi connectivity index (χ0) is 14.5. The Kier molecular flexibility index (Phi) is 4.92. The number of benzene rings is 1. The monoisotopic (exact) mass is 264 g/mol. The standard InChI is InChI=1S/C14H20N2O3/c1-5-12(17)19-16-13(18)15-11-8-6-10(7-9-11)14(2,3)4/h6-9H,5H2,1-4H3,(H2,15,16,18). The van der Waals surface area contributed by atoms with Crippen molar-refractivity contribution in [3.8, 4) is 0 Å². The van der Waals surface area contributed by atoms with Crippen LogP contribution in [-0.2, 0) is 15.0 Å². The molecule has 0 aliphatic rings. The maximum Gasteiger partial charge on any atom is 0.352 e. The van der Waals surface area contributed by atoms with E-state index >= 15 is 0 Å². The third kappa shape index (κ3) is 4.99. The molecule has 0 radical (unpaired) electrons. The van der Waals surface area contributed by atoms with Gasteiger partial charge in [0.15, 0.2) is 0 Å². The summed E-state index contributed by atoms with van der Waals surface area (Å²) in [6, 6.07) is 6.94. The van der Waals surface area contributed by atoms with E-state index in [4.69, 9.17) is 0 Å². The second kappa shape index (κ2) is 6.22. The third-order valence-corrected chi connectivity index (χ3v) is 2.56. The maximum absolute atomic E-state index is 11.4. The number of anilines is 1. The molecule has 1 aromatic rings. The van der Waals surface area contributed by atoms with Crippen LogP contribution in [0.2, 0.25) is 0 Å². The van der Waals surface area contributed by atoms with Crippen LogP contribution < -0.4 is 10.8 Å². The Morgan fingerprint density at radius 1 is 1.16 bits per heavy atom. The van der Waals surface area contributed by atoms with Gasteiger partial charge in [0.1, 0.15) is 0 Å². The van der Waals surface area contributed by atoms with Gasteiger partial charge in [0.25, 0.3) is 0 Å². The molecule has 0 aromatic heterocycles. The molecule has 1 rings (SSSR count). The highest BCUT2D eigenvalue weighted by Crippen LogP contribution is 2.23. The van der Waals surface area contributed by atoms with Crippen molar-refractivity contribution >= 4 is 17.7 Å². The fourth-order valence-corrected chi connectivity index (χ4v) is 1.39. The molecule has 0 aliphatic heterocycles. The van der Waals surface area contributed by atoms with Gasteiger partial charge in [-0.1, -0.05) is 39.8 Å². The van der Waals surface area contributed by atoms with Crippen LogP contribution in [0.5, 0.6) is 0 Å². The van der Waals surface area contributed by atoms with Gasteiger partial charge in [-0.3, -0.25) is 0 Å². The Morgan fingerprint density at radius 2 is 1.74 bits per heavy atom. The van der Waals surface area contributed by atoms with Crippen LogP contribution in [0.4, 0.5) is 10.5 Å². The van der Waals surface area contributed by atoms with Crippen LogP contribution in [0.3, 0.4) is 0 Å². The molecule has 0 fully saturated rings. The molecule has 5 nitrogen and oxygen atoms in total. The summed E-state index contributed by atoms with van der Waals surface area (Å²) in [5.41, 5.74) is 3.91. The van der Waals surface area contributed by atoms with E-state index in [1.165, 1.54) is 5.56 Å². The lowest BCUT2D eigenvalue weighted by molar-refractivity contribution is -0.148. The largest absolute Gasteiger partial charge is 0.352 e. The lowest BCUT2D eigenvalue weighted by Gasteiger charge is -2.19. The predicted octanol–water partition coefficient (Wildman–Crippen LogP) is 2.97. The Hall–Kier alpha value is -2.04. The van der Waals surface area contributed by atoms with Crippen molar-refractivity contribution in [2.75, 3.05) is 5.32 Å². The van der Waals surface area contributed by atoms with Crippen molar-refractivity contribution in [3.63, 3.8) is 0 Å². The maximum atomic E-state index is 11.4. The van der Waals surface area contributed by atoms with Crippen molar-refractivity contribution < 1.29 is 14.4 Å². The molecule has 2 N–H and O–H groups in total. The van der Waals surface area contributed by atoms with Crippen LogP contribution in [0.1, 0.15) is 39.7 Å². The summed E-state index contributed by atoms with van der Waals surface area (Å²) in [5.74, 6) is -0.488. The summed E-state index contributed by atoms with van der Waals surface area (Å²) in [5, 5.41) is 2.57. The second-order valence-corrected chi connectivity index (χ2v) is 5.21. The zero-order valence-electron chi connectivity index (χ0n) is 11.7. The van der Waals surface area contributed by atoms with Crippen molar-refractivity contribution in [1.82, 2.24) is 5.48 Å². The van der Waals surface area contributed by atoms with Gasteiger partial charge in [-0.15, -0.1) is 0 Å². The molecule has 0 spiro atoms. The minimum atomic E-state index is -0.578. The summed E-state index contributed by atoms with van der Waals surface area (Å²) in [6.07, 6.45) is 0.209. The molecule has 19 heavy (non-hydrogen) atoms. The van der Waals surface area contributed by atoms with Crippen LogP contribution in [0.15, 0.2) is 24.3 Å². The summed E-state index contributed by atoms with van der Waals surface area (Å²) < 4.78 is 0. The Labute approximate surface area is 113 Å². The molecule has 104 valence electrons. The van der Waals surface area contributed by atoms with Gasteiger partial charge in [-0.2, -0.15) is 5.48 Å². The van der Waals surface area contributed by atoms with Gasteiger partial charge in [-0.25, -0.2) is 9.59 Å². The molecular formula is C14H20N2O3. The molecule has 1 aromatic carbocycles. The highest BCUT2D eigenvalue weighted by atomic mass is 16.7. The summed E-state index contributed by atoms with van der Waals surface area (Å²) in [4.78, 5) is 26.8. The van der Waals surface area contributed by atoms with Crippen molar-refractivity contribution in [3.05, 3.63) is 29.8 Å². The van der Waals surface area contributed by atoms with Crippen molar-refractivity contribution in [2.45, 2.75) is 39.5 Å². The number of nitrogens with one attached hydrogen (secondary N) is 2.